The van der Waals surface area contributed by atoms with Gasteiger partial charge in [-0.1, -0.05) is 12.1 Å². The van der Waals surface area contributed by atoms with Crippen molar-refractivity contribution in [1.29, 1.82) is 5.26 Å². The number of benzene rings is 1. The molecule has 1 aromatic rings. The van der Waals surface area contributed by atoms with Gasteiger partial charge in [0.15, 0.2) is 5.78 Å². The number of ketones is 1. The van der Waals surface area contributed by atoms with Crippen molar-refractivity contribution >= 4 is 21.8 Å². The molecule has 0 saturated heterocycles. The van der Waals surface area contributed by atoms with Crippen LogP contribution in [0.4, 0.5) is 0 Å². The summed E-state index contributed by atoms with van der Waals surface area (Å²) in [6.07, 6.45) is 0. The Hall–Kier alpha value is -2.24. The molecule has 0 bridgehead atoms. The minimum atomic E-state index is -3.95. The molecule has 1 N–H and O–H groups in total. The van der Waals surface area contributed by atoms with Crippen LogP contribution in [0.3, 0.4) is 0 Å². The van der Waals surface area contributed by atoms with Gasteiger partial charge in [0, 0.05) is 11.6 Å². The first-order valence-corrected chi connectivity index (χ1v) is 8.44. The number of nitrogens with zero attached hydrogens (tertiary/aromatic N) is 1. The van der Waals surface area contributed by atoms with E-state index in [0.717, 1.165) is 0 Å². The first-order chi connectivity index (χ1) is 10.7. The second kappa shape index (κ2) is 7.85. The molecule has 0 aromatic heterocycles. The molecule has 0 aliphatic carbocycles. The molecule has 0 saturated carbocycles. The quantitative estimate of drug-likeness (QED) is 0.455. The number of Topliss-reactive ketones (excluding diaryl/α,β-unsaturated/α-hetero) is 1. The third-order valence-electron chi connectivity index (χ3n) is 2.75. The van der Waals surface area contributed by atoms with E-state index in [1.807, 2.05) is 0 Å². The van der Waals surface area contributed by atoms with Gasteiger partial charge in [-0.15, -0.1) is 0 Å². The lowest BCUT2D eigenvalue weighted by Crippen LogP contribution is -2.32. The average molecular weight is 338 g/mol. The minimum absolute atomic E-state index is 0.0130. The largest absolute Gasteiger partial charge is 0.465 e. The summed E-state index contributed by atoms with van der Waals surface area (Å²) in [5.74, 6) is -3.61. The molecular formula is C15H18N2O5S. The van der Waals surface area contributed by atoms with E-state index in [0.29, 0.717) is 0 Å². The fourth-order valence-corrected chi connectivity index (χ4v) is 3.34. The highest BCUT2D eigenvalue weighted by molar-refractivity contribution is 7.89. The van der Waals surface area contributed by atoms with E-state index >= 15 is 0 Å². The van der Waals surface area contributed by atoms with E-state index in [2.05, 4.69) is 9.46 Å². The first-order valence-electron chi connectivity index (χ1n) is 6.96. The molecule has 0 aliphatic heterocycles. The smallest absolute Gasteiger partial charge is 0.331 e. The Morgan fingerprint density at radius 3 is 2.43 bits per heavy atom. The highest BCUT2D eigenvalue weighted by atomic mass is 32.2. The predicted molar refractivity (Wildman–Crippen MR) is 82.0 cm³/mol. The fraction of sp³-hybridized carbons (Fsp3) is 0.400. The molecule has 0 fully saturated rings. The molecule has 1 atom stereocenters. The third kappa shape index (κ3) is 4.61. The number of rotatable bonds is 7. The van der Waals surface area contributed by atoms with Gasteiger partial charge in [-0.25, -0.2) is 13.1 Å². The molecule has 1 rings (SSSR count). The normalized spacial score (nSPS) is 12.5. The van der Waals surface area contributed by atoms with Crippen LogP contribution in [0.5, 0.6) is 0 Å². The van der Waals surface area contributed by atoms with E-state index in [1.54, 1.807) is 26.8 Å². The van der Waals surface area contributed by atoms with Gasteiger partial charge in [0.25, 0.3) is 0 Å². The number of sulfonamides is 1. The summed E-state index contributed by atoms with van der Waals surface area (Å²) >= 11 is 0. The Labute approximate surface area is 135 Å². The lowest BCUT2D eigenvalue weighted by Gasteiger charge is -2.14. The van der Waals surface area contributed by atoms with Crippen LogP contribution in [-0.2, 0) is 19.6 Å². The van der Waals surface area contributed by atoms with Gasteiger partial charge in [-0.2, -0.15) is 5.26 Å². The predicted octanol–water partition coefficient (Wildman–Crippen LogP) is 1.26. The average Bonchev–Trinajstić information content (AvgIpc) is 2.47. The molecule has 0 radical (unpaired) electrons. The Morgan fingerprint density at radius 1 is 1.30 bits per heavy atom. The summed E-state index contributed by atoms with van der Waals surface area (Å²) in [4.78, 5) is 23.9. The molecule has 0 amide bonds. The van der Waals surface area contributed by atoms with Crippen molar-refractivity contribution in [2.45, 2.75) is 31.7 Å². The zero-order chi connectivity index (χ0) is 17.6. The molecule has 1 unspecified atom stereocenters. The van der Waals surface area contributed by atoms with E-state index in [1.165, 1.54) is 24.3 Å². The summed E-state index contributed by atoms with van der Waals surface area (Å²) in [6, 6.07) is 6.62. The van der Waals surface area contributed by atoms with Crippen molar-refractivity contribution in [2.75, 3.05) is 6.61 Å². The van der Waals surface area contributed by atoms with Crippen LogP contribution in [0.2, 0.25) is 0 Å². The van der Waals surface area contributed by atoms with Gasteiger partial charge in [0.05, 0.1) is 17.6 Å². The summed E-state index contributed by atoms with van der Waals surface area (Å²) in [7, 11) is -3.95. The van der Waals surface area contributed by atoms with Crippen LogP contribution in [0, 0.1) is 17.2 Å². The molecule has 23 heavy (non-hydrogen) atoms. The number of hydrogen-bond acceptors (Lipinski definition) is 6. The van der Waals surface area contributed by atoms with Crippen molar-refractivity contribution in [3.05, 3.63) is 29.8 Å². The number of ether oxygens (including phenoxy) is 1. The van der Waals surface area contributed by atoms with E-state index in [-0.39, 0.29) is 23.1 Å². The lowest BCUT2D eigenvalue weighted by atomic mass is 9.99. The molecule has 7 nitrogen and oxygen atoms in total. The second-order valence-corrected chi connectivity index (χ2v) is 6.63. The molecule has 0 aliphatic rings. The Balaban J connectivity index is 3.32. The fourth-order valence-electron chi connectivity index (χ4n) is 1.88. The molecule has 8 heteroatoms. The number of esters is 1. The van der Waals surface area contributed by atoms with Gasteiger partial charge in [-0.05, 0) is 32.9 Å². The maximum absolute atomic E-state index is 12.4. The van der Waals surface area contributed by atoms with Crippen LogP contribution < -0.4 is 4.72 Å². The molecular weight excluding hydrogens is 320 g/mol. The standard InChI is InChI=1S/C15H18N2O5S/c1-4-22-15(19)12(9-16)14(18)11-7-5-6-8-13(11)23(20,21)17-10(2)3/h5-8,10,12,17H,4H2,1-3H3. The summed E-state index contributed by atoms with van der Waals surface area (Å²) < 4.78 is 31.7. The van der Waals surface area contributed by atoms with Crippen LogP contribution in [0.25, 0.3) is 0 Å². The molecule has 124 valence electrons. The monoisotopic (exact) mass is 338 g/mol. The molecule has 0 spiro atoms. The zero-order valence-corrected chi connectivity index (χ0v) is 13.9. The summed E-state index contributed by atoms with van der Waals surface area (Å²) in [5, 5.41) is 9.06. The van der Waals surface area contributed by atoms with Crippen molar-refractivity contribution in [2.24, 2.45) is 5.92 Å². The SMILES string of the molecule is CCOC(=O)C(C#N)C(=O)c1ccccc1S(=O)(=O)NC(C)C. The Bertz CT molecular complexity index is 734. The van der Waals surface area contributed by atoms with Crippen molar-refractivity contribution in [3.63, 3.8) is 0 Å². The Morgan fingerprint density at radius 2 is 1.91 bits per heavy atom. The van der Waals surface area contributed by atoms with Crippen LogP contribution in [-0.4, -0.2) is 32.8 Å². The minimum Gasteiger partial charge on any atom is -0.465 e. The third-order valence-corrected chi connectivity index (χ3v) is 4.46. The highest BCUT2D eigenvalue weighted by Gasteiger charge is 2.32. The molecule has 1 aromatic carbocycles. The number of carbonyl (C=O) groups excluding carboxylic acids is 2. The van der Waals surface area contributed by atoms with Gasteiger partial charge in [0.2, 0.25) is 15.9 Å². The lowest BCUT2D eigenvalue weighted by molar-refractivity contribution is -0.144. The first kappa shape index (κ1) is 18.8. The van der Waals surface area contributed by atoms with Crippen molar-refractivity contribution in [1.82, 2.24) is 4.72 Å². The van der Waals surface area contributed by atoms with E-state index in [9.17, 15) is 18.0 Å². The number of hydrogen-bond donors (Lipinski definition) is 1. The Kier molecular flexibility index (Phi) is 6.42. The number of nitrogens with one attached hydrogen (secondary N) is 1. The maximum atomic E-state index is 12.4. The van der Waals surface area contributed by atoms with Crippen molar-refractivity contribution in [3.8, 4) is 6.07 Å². The van der Waals surface area contributed by atoms with Gasteiger partial charge in [-0.3, -0.25) is 9.59 Å². The van der Waals surface area contributed by atoms with E-state index < -0.39 is 27.7 Å². The van der Waals surface area contributed by atoms with Crippen LogP contribution >= 0.6 is 0 Å². The van der Waals surface area contributed by atoms with Crippen LogP contribution in [0.15, 0.2) is 29.2 Å². The number of nitriles is 1. The highest BCUT2D eigenvalue weighted by Crippen LogP contribution is 2.20. The van der Waals surface area contributed by atoms with Gasteiger partial charge in [0.1, 0.15) is 0 Å². The summed E-state index contributed by atoms with van der Waals surface area (Å²) in [6.45, 7) is 4.83. The van der Waals surface area contributed by atoms with Crippen LogP contribution in [0.1, 0.15) is 31.1 Å². The zero-order valence-electron chi connectivity index (χ0n) is 13.1. The maximum Gasteiger partial charge on any atom is 0.331 e. The number of carbonyl (C=O) groups is 2. The van der Waals surface area contributed by atoms with Crippen molar-refractivity contribution < 1.29 is 22.7 Å². The summed E-state index contributed by atoms with van der Waals surface area (Å²) in [5.41, 5.74) is -0.222. The van der Waals surface area contributed by atoms with E-state index in [4.69, 9.17) is 5.26 Å². The second-order valence-electron chi connectivity index (χ2n) is 4.95. The molecule has 0 heterocycles. The van der Waals surface area contributed by atoms with Gasteiger partial charge < -0.3 is 4.74 Å². The topological polar surface area (TPSA) is 113 Å². The van der Waals surface area contributed by atoms with Gasteiger partial charge >= 0.3 is 5.97 Å².